The van der Waals surface area contributed by atoms with Gasteiger partial charge in [-0.05, 0) is 18.6 Å². The fourth-order valence-corrected chi connectivity index (χ4v) is 1.64. The second kappa shape index (κ2) is 5.93. The highest BCUT2D eigenvalue weighted by Gasteiger charge is 2.19. The summed E-state index contributed by atoms with van der Waals surface area (Å²) in [5.74, 6) is -1.07. The molecule has 0 aromatic carbocycles. The SMILES string of the molecule is O=C(O)c1ccc(C(O)C(O)CCBr)nc1. The summed E-state index contributed by atoms with van der Waals surface area (Å²) in [6.07, 6.45) is -0.464. The van der Waals surface area contributed by atoms with E-state index in [0.29, 0.717) is 11.8 Å². The molecule has 0 saturated heterocycles. The molecular weight excluding hydrogens is 278 g/mol. The standard InChI is InChI=1S/C10H12BrNO4/c11-4-3-8(13)9(14)7-2-1-6(5-12-7)10(15)16/h1-2,5,8-9,13-14H,3-4H2,(H,15,16). The number of carboxylic acid groups (broad SMARTS) is 1. The van der Waals surface area contributed by atoms with Gasteiger partial charge in [0.25, 0.3) is 0 Å². The van der Waals surface area contributed by atoms with E-state index in [9.17, 15) is 15.0 Å². The molecule has 6 heteroatoms. The molecule has 0 radical (unpaired) electrons. The Kier molecular flexibility index (Phi) is 4.85. The molecule has 88 valence electrons. The molecular formula is C10H12BrNO4. The van der Waals surface area contributed by atoms with Gasteiger partial charge in [-0.2, -0.15) is 0 Å². The minimum Gasteiger partial charge on any atom is -0.478 e. The molecule has 2 atom stereocenters. The van der Waals surface area contributed by atoms with Gasteiger partial charge in [-0.1, -0.05) is 15.9 Å². The molecule has 1 aromatic heterocycles. The van der Waals surface area contributed by atoms with Crippen molar-refractivity contribution >= 4 is 21.9 Å². The molecule has 0 amide bonds. The molecule has 0 aliphatic rings. The molecule has 0 spiro atoms. The number of rotatable bonds is 5. The van der Waals surface area contributed by atoms with Crippen LogP contribution >= 0.6 is 15.9 Å². The van der Waals surface area contributed by atoms with E-state index in [-0.39, 0.29) is 11.3 Å². The third-order valence-electron chi connectivity index (χ3n) is 2.11. The van der Waals surface area contributed by atoms with E-state index in [1.165, 1.54) is 12.1 Å². The Hall–Kier alpha value is -0.980. The predicted octanol–water partition coefficient (Wildman–Crippen LogP) is 0.959. The molecule has 16 heavy (non-hydrogen) atoms. The van der Waals surface area contributed by atoms with Crippen molar-refractivity contribution in [1.29, 1.82) is 0 Å². The van der Waals surface area contributed by atoms with E-state index in [0.717, 1.165) is 6.20 Å². The maximum Gasteiger partial charge on any atom is 0.337 e. The van der Waals surface area contributed by atoms with Crippen LogP contribution in [0.25, 0.3) is 0 Å². The summed E-state index contributed by atoms with van der Waals surface area (Å²) in [5, 5.41) is 28.4. The summed E-state index contributed by atoms with van der Waals surface area (Å²) in [6.45, 7) is 0. The Bertz CT molecular complexity index is 354. The molecule has 1 rings (SSSR count). The zero-order chi connectivity index (χ0) is 12.1. The van der Waals surface area contributed by atoms with Gasteiger partial charge in [0.15, 0.2) is 0 Å². The summed E-state index contributed by atoms with van der Waals surface area (Å²) in [5.41, 5.74) is 0.310. The highest BCUT2D eigenvalue weighted by Crippen LogP contribution is 2.17. The second-order valence-electron chi connectivity index (χ2n) is 3.27. The summed E-state index contributed by atoms with van der Waals surface area (Å²) in [7, 11) is 0. The number of aliphatic hydroxyl groups excluding tert-OH is 2. The van der Waals surface area contributed by atoms with Gasteiger partial charge in [0, 0.05) is 11.5 Å². The van der Waals surface area contributed by atoms with Gasteiger partial charge < -0.3 is 15.3 Å². The number of pyridine rings is 1. The van der Waals surface area contributed by atoms with E-state index in [1.807, 2.05) is 0 Å². The Labute approximate surface area is 101 Å². The molecule has 0 aliphatic heterocycles. The highest BCUT2D eigenvalue weighted by atomic mass is 79.9. The molecule has 0 saturated carbocycles. The smallest absolute Gasteiger partial charge is 0.337 e. The lowest BCUT2D eigenvalue weighted by molar-refractivity contribution is 0.0148. The van der Waals surface area contributed by atoms with Crippen LogP contribution in [0.5, 0.6) is 0 Å². The Morgan fingerprint density at radius 1 is 1.44 bits per heavy atom. The van der Waals surface area contributed by atoms with Gasteiger partial charge in [0.2, 0.25) is 0 Å². The lowest BCUT2D eigenvalue weighted by atomic mass is 10.1. The third-order valence-corrected chi connectivity index (χ3v) is 2.56. The van der Waals surface area contributed by atoms with E-state index in [4.69, 9.17) is 5.11 Å². The van der Waals surface area contributed by atoms with E-state index in [1.54, 1.807) is 0 Å². The number of aromatic carboxylic acids is 1. The number of alkyl halides is 1. The van der Waals surface area contributed by atoms with Gasteiger partial charge in [-0.3, -0.25) is 4.98 Å². The summed E-state index contributed by atoms with van der Waals surface area (Å²) in [4.78, 5) is 14.4. The van der Waals surface area contributed by atoms with Crippen LogP contribution in [-0.4, -0.2) is 37.7 Å². The second-order valence-corrected chi connectivity index (χ2v) is 4.06. The number of carboxylic acids is 1. The zero-order valence-electron chi connectivity index (χ0n) is 8.38. The van der Waals surface area contributed by atoms with Crippen molar-refractivity contribution in [2.75, 3.05) is 5.33 Å². The molecule has 0 bridgehead atoms. The van der Waals surface area contributed by atoms with Gasteiger partial charge in [0.1, 0.15) is 6.10 Å². The summed E-state index contributed by atoms with van der Waals surface area (Å²) >= 11 is 3.15. The van der Waals surface area contributed by atoms with Crippen molar-refractivity contribution in [3.63, 3.8) is 0 Å². The Morgan fingerprint density at radius 3 is 2.56 bits per heavy atom. The molecule has 3 N–H and O–H groups in total. The normalized spacial score (nSPS) is 14.4. The van der Waals surface area contributed by atoms with Gasteiger partial charge in [-0.25, -0.2) is 4.79 Å². The van der Waals surface area contributed by atoms with Gasteiger partial charge in [0.05, 0.1) is 17.4 Å². The average molecular weight is 290 g/mol. The van der Waals surface area contributed by atoms with Crippen LogP contribution in [-0.2, 0) is 0 Å². The zero-order valence-corrected chi connectivity index (χ0v) is 9.96. The van der Waals surface area contributed by atoms with Crippen LogP contribution in [0, 0.1) is 0 Å². The Balaban J connectivity index is 2.77. The monoisotopic (exact) mass is 289 g/mol. The maximum atomic E-state index is 10.6. The lowest BCUT2D eigenvalue weighted by Crippen LogP contribution is -2.19. The topological polar surface area (TPSA) is 90.7 Å². The molecule has 5 nitrogen and oxygen atoms in total. The van der Waals surface area contributed by atoms with Gasteiger partial charge in [-0.15, -0.1) is 0 Å². The highest BCUT2D eigenvalue weighted by molar-refractivity contribution is 9.09. The first-order chi connectivity index (χ1) is 7.56. The van der Waals surface area contributed by atoms with E-state index in [2.05, 4.69) is 20.9 Å². The lowest BCUT2D eigenvalue weighted by Gasteiger charge is -2.16. The number of aliphatic hydroxyl groups is 2. The van der Waals surface area contributed by atoms with Crippen molar-refractivity contribution in [3.8, 4) is 0 Å². The number of carbonyl (C=O) groups is 1. The summed E-state index contributed by atoms with van der Waals surface area (Å²) < 4.78 is 0. The van der Waals surface area contributed by atoms with Crippen molar-refractivity contribution in [1.82, 2.24) is 4.98 Å². The quantitative estimate of drug-likeness (QED) is 0.703. The molecule has 1 heterocycles. The molecule has 1 aromatic rings. The van der Waals surface area contributed by atoms with Crippen LogP contribution in [0.4, 0.5) is 0 Å². The van der Waals surface area contributed by atoms with Gasteiger partial charge >= 0.3 is 5.97 Å². The van der Waals surface area contributed by atoms with Crippen molar-refractivity contribution in [2.24, 2.45) is 0 Å². The average Bonchev–Trinajstić information content (AvgIpc) is 2.28. The third kappa shape index (κ3) is 3.26. The Morgan fingerprint density at radius 2 is 2.12 bits per heavy atom. The number of aromatic nitrogens is 1. The fourth-order valence-electron chi connectivity index (χ4n) is 1.17. The van der Waals surface area contributed by atoms with Crippen LogP contribution in [0.15, 0.2) is 18.3 Å². The van der Waals surface area contributed by atoms with Crippen LogP contribution in [0.2, 0.25) is 0 Å². The first-order valence-corrected chi connectivity index (χ1v) is 5.79. The van der Waals surface area contributed by atoms with E-state index < -0.39 is 18.2 Å². The van der Waals surface area contributed by atoms with Crippen LogP contribution in [0.1, 0.15) is 28.6 Å². The molecule has 0 fully saturated rings. The largest absolute Gasteiger partial charge is 0.478 e. The minimum atomic E-state index is -1.10. The first kappa shape index (κ1) is 13.1. The predicted molar refractivity (Wildman–Crippen MR) is 60.6 cm³/mol. The number of hydrogen-bond acceptors (Lipinski definition) is 4. The molecule has 0 aliphatic carbocycles. The van der Waals surface area contributed by atoms with Crippen molar-refractivity contribution < 1.29 is 20.1 Å². The number of nitrogens with zero attached hydrogens (tertiary/aromatic N) is 1. The van der Waals surface area contributed by atoms with Crippen molar-refractivity contribution in [3.05, 3.63) is 29.6 Å². The number of halogens is 1. The number of hydrogen-bond donors (Lipinski definition) is 3. The maximum absolute atomic E-state index is 10.6. The minimum absolute atomic E-state index is 0.0472. The van der Waals surface area contributed by atoms with Crippen LogP contribution < -0.4 is 0 Å². The first-order valence-electron chi connectivity index (χ1n) is 4.67. The summed E-state index contributed by atoms with van der Waals surface area (Å²) in [6, 6.07) is 2.74. The molecule has 2 unspecified atom stereocenters. The van der Waals surface area contributed by atoms with Crippen LogP contribution in [0.3, 0.4) is 0 Å². The van der Waals surface area contributed by atoms with E-state index >= 15 is 0 Å². The van der Waals surface area contributed by atoms with Crippen molar-refractivity contribution in [2.45, 2.75) is 18.6 Å². The fraction of sp³-hybridized carbons (Fsp3) is 0.400.